The number of carbonyl (C=O) groups excluding carboxylic acids is 1. The lowest BCUT2D eigenvalue weighted by molar-refractivity contribution is 0.0299. The van der Waals surface area contributed by atoms with Crippen LogP contribution in [-0.4, -0.2) is 10.9 Å². The molecule has 0 radical (unpaired) electrons. The predicted molar refractivity (Wildman–Crippen MR) is 78.5 cm³/mol. The van der Waals surface area contributed by atoms with Gasteiger partial charge in [-0.3, -0.25) is 4.79 Å². The molecule has 1 aliphatic carbocycles. The summed E-state index contributed by atoms with van der Waals surface area (Å²) >= 11 is 0. The van der Waals surface area contributed by atoms with Crippen molar-refractivity contribution in [3.63, 3.8) is 0 Å². The van der Waals surface area contributed by atoms with Gasteiger partial charge in [-0.1, -0.05) is 60.7 Å². The summed E-state index contributed by atoms with van der Waals surface area (Å²) < 4.78 is 0. The topological polar surface area (TPSA) is 37.3 Å². The fourth-order valence-electron chi connectivity index (χ4n) is 3.09. The first-order valence-electron chi connectivity index (χ1n) is 6.72. The molecule has 2 aromatic rings. The van der Waals surface area contributed by atoms with Crippen LogP contribution in [-0.2, 0) is 5.60 Å². The lowest BCUT2D eigenvalue weighted by atomic mass is 9.79. The van der Waals surface area contributed by atoms with E-state index in [0.29, 0.717) is 17.5 Å². The molecule has 0 aliphatic heterocycles. The minimum absolute atomic E-state index is 0.00754. The summed E-state index contributed by atoms with van der Waals surface area (Å²) in [6.07, 6.45) is 2.15. The Balaban J connectivity index is 2.25. The Kier molecular flexibility index (Phi) is 3.03. The van der Waals surface area contributed by atoms with Crippen molar-refractivity contribution < 1.29 is 9.90 Å². The van der Waals surface area contributed by atoms with Crippen LogP contribution >= 0.6 is 0 Å². The maximum Gasteiger partial charge on any atom is 0.170 e. The summed E-state index contributed by atoms with van der Waals surface area (Å²) in [5.74, 6) is -0.508. The molecule has 0 saturated heterocycles. The molecule has 2 heteroatoms. The first-order valence-corrected chi connectivity index (χ1v) is 6.72. The van der Waals surface area contributed by atoms with E-state index in [-0.39, 0.29) is 5.78 Å². The summed E-state index contributed by atoms with van der Waals surface area (Å²) in [6, 6.07) is 16.7. The Hall–Kier alpha value is -2.19. The molecule has 0 unspecified atom stereocenters. The van der Waals surface area contributed by atoms with Gasteiger partial charge in [0.15, 0.2) is 5.78 Å². The fraction of sp³-hybridized carbons (Fsp3) is 0.167. The Labute approximate surface area is 118 Å². The Morgan fingerprint density at radius 2 is 1.75 bits per heavy atom. The molecule has 20 heavy (non-hydrogen) atoms. The van der Waals surface area contributed by atoms with Crippen molar-refractivity contribution in [2.75, 3.05) is 0 Å². The van der Waals surface area contributed by atoms with Crippen molar-refractivity contribution in [1.82, 2.24) is 0 Å². The summed E-state index contributed by atoms with van der Waals surface area (Å²) in [4.78, 5) is 12.6. The van der Waals surface area contributed by atoms with Crippen molar-refractivity contribution in [3.8, 4) is 0 Å². The maximum absolute atomic E-state index is 12.6. The second kappa shape index (κ2) is 4.73. The first kappa shape index (κ1) is 12.8. The third kappa shape index (κ3) is 1.65. The monoisotopic (exact) mass is 264 g/mol. The van der Waals surface area contributed by atoms with Gasteiger partial charge in [0.25, 0.3) is 0 Å². The molecule has 0 amide bonds. The van der Waals surface area contributed by atoms with E-state index in [1.54, 1.807) is 12.1 Å². The highest BCUT2D eigenvalue weighted by atomic mass is 16.3. The summed E-state index contributed by atoms with van der Waals surface area (Å²) in [6.45, 7) is 3.72. The number of hydrogen-bond acceptors (Lipinski definition) is 2. The van der Waals surface area contributed by atoms with E-state index in [9.17, 15) is 9.90 Å². The molecule has 0 spiro atoms. The van der Waals surface area contributed by atoms with Gasteiger partial charge >= 0.3 is 0 Å². The molecule has 1 aliphatic rings. The molecule has 2 nitrogen and oxygen atoms in total. The first-order chi connectivity index (χ1) is 9.69. The van der Waals surface area contributed by atoms with Crippen LogP contribution in [0.5, 0.6) is 0 Å². The molecule has 0 bridgehead atoms. The second-order valence-electron chi connectivity index (χ2n) is 5.12. The Bertz CT molecular complexity index is 660. The minimum Gasteiger partial charge on any atom is -0.380 e. The number of aliphatic hydroxyl groups is 1. The number of hydrogen-bond donors (Lipinski definition) is 1. The maximum atomic E-state index is 12.6. The summed E-state index contributed by atoms with van der Waals surface area (Å²) in [5, 5.41) is 11.3. The Morgan fingerprint density at radius 3 is 2.45 bits per heavy atom. The standard InChI is InChI=1S/C18H16O2/c1-2-8-16-17(19)14-11-6-7-12-15(14)18(16,20)13-9-4-3-5-10-13/h2-7,9-12,16,20H,1,8H2/t16-,18+/m1/s1. The summed E-state index contributed by atoms with van der Waals surface area (Å²) in [7, 11) is 0. The predicted octanol–water partition coefficient (Wildman–Crippen LogP) is 3.31. The minimum atomic E-state index is -1.26. The average Bonchev–Trinajstić information content (AvgIpc) is 2.72. The quantitative estimate of drug-likeness (QED) is 0.864. The van der Waals surface area contributed by atoms with E-state index >= 15 is 0 Å². The lowest BCUT2D eigenvalue weighted by Gasteiger charge is -2.30. The third-order valence-electron chi connectivity index (χ3n) is 4.04. The number of allylic oxidation sites excluding steroid dienone is 1. The molecule has 0 heterocycles. The summed E-state index contributed by atoms with van der Waals surface area (Å²) in [5.41, 5.74) is 0.808. The molecule has 3 rings (SSSR count). The molecule has 2 aromatic carbocycles. The van der Waals surface area contributed by atoms with Gasteiger partial charge < -0.3 is 5.11 Å². The normalized spacial score (nSPS) is 24.4. The van der Waals surface area contributed by atoms with Crippen LogP contribution in [0.1, 0.15) is 27.9 Å². The highest BCUT2D eigenvalue weighted by Gasteiger charge is 2.51. The lowest BCUT2D eigenvalue weighted by Crippen LogP contribution is -2.34. The van der Waals surface area contributed by atoms with Crippen LogP contribution < -0.4 is 0 Å². The van der Waals surface area contributed by atoms with Crippen LogP contribution in [0.15, 0.2) is 67.3 Å². The highest BCUT2D eigenvalue weighted by molar-refractivity contribution is 6.04. The van der Waals surface area contributed by atoms with Crippen molar-refractivity contribution in [2.24, 2.45) is 5.92 Å². The number of Topliss-reactive ketones (excluding diaryl/α,β-unsaturated/α-hetero) is 1. The Morgan fingerprint density at radius 1 is 1.10 bits per heavy atom. The molecule has 100 valence electrons. The van der Waals surface area contributed by atoms with Crippen molar-refractivity contribution in [1.29, 1.82) is 0 Å². The van der Waals surface area contributed by atoms with E-state index in [2.05, 4.69) is 6.58 Å². The smallest absolute Gasteiger partial charge is 0.170 e. The van der Waals surface area contributed by atoms with Crippen molar-refractivity contribution in [3.05, 3.63) is 83.9 Å². The van der Waals surface area contributed by atoms with Gasteiger partial charge in [0.05, 0.1) is 5.92 Å². The largest absolute Gasteiger partial charge is 0.380 e. The van der Waals surface area contributed by atoms with Gasteiger partial charge in [0.1, 0.15) is 5.60 Å². The van der Waals surface area contributed by atoms with Gasteiger partial charge in [0.2, 0.25) is 0 Å². The van der Waals surface area contributed by atoms with Crippen LogP contribution in [0.4, 0.5) is 0 Å². The van der Waals surface area contributed by atoms with Crippen LogP contribution in [0, 0.1) is 5.92 Å². The molecule has 0 saturated carbocycles. The molecule has 0 aromatic heterocycles. The van der Waals surface area contributed by atoms with E-state index < -0.39 is 11.5 Å². The number of benzene rings is 2. The van der Waals surface area contributed by atoms with Gasteiger partial charge in [0, 0.05) is 5.56 Å². The zero-order valence-electron chi connectivity index (χ0n) is 11.1. The van der Waals surface area contributed by atoms with Crippen LogP contribution in [0.25, 0.3) is 0 Å². The molecule has 2 atom stereocenters. The van der Waals surface area contributed by atoms with Gasteiger partial charge in [-0.2, -0.15) is 0 Å². The fourth-order valence-corrected chi connectivity index (χ4v) is 3.09. The number of rotatable bonds is 3. The SMILES string of the molecule is C=CC[C@@H]1C(=O)c2ccccc2[C@@]1(O)c1ccccc1. The van der Waals surface area contributed by atoms with E-state index in [0.717, 1.165) is 5.56 Å². The highest BCUT2D eigenvalue weighted by Crippen LogP contribution is 2.47. The average molecular weight is 264 g/mol. The van der Waals surface area contributed by atoms with E-state index in [1.165, 1.54) is 0 Å². The van der Waals surface area contributed by atoms with Gasteiger partial charge in [-0.25, -0.2) is 0 Å². The molecule has 0 fully saturated rings. The van der Waals surface area contributed by atoms with E-state index in [1.807, 2.05) is 48.5 Å². The second-order valence-corrected chi connectivity index (χ2v) is 5.12. The van der Waals surface area contributed by atoms with E-state index in [4.69, 9.17) is 0 Å². The van der Waals surface area contributed by atoms with Crippen LogP contribution in [0.3, 0.4) is 0 Å². The van der Waals surface area contributed by atoms with Gasteiger partial charge in [-0.05, 0) is 17.5 Å². The van der Waals surface area contributed by atoms with Gasteiger partial charge in [-0.15, -0.1) is 6.58 Å². The molecular formula is C18H16O2. The number of ketones is 1. The number of carbonyl (C=O) groups is 1. The molecule has 1 N–H and O–H groups in total. The van der Waals surface area contributed by atoms with Crippen LogP contribution in [0.2, 0.25) is 0 Å². The zero-order chi connectivity index (χ0) is 14.2. The molecular weight excluding hydrogens is 248 g/mol. The third-order valence-corrected chi connectivity index (χ3v) is 4.04. The zero-order valence-corrected chi connectivity index (χ0v) is 11.1. The van der Waals surface area contributed by atoms with Crippen molar-refractivity contribution in [2.45, 2.75) is 12.0 Å². The van der Waals surface area contributed by atoms with Crippen molar-refractivity contribution >= 4 is 5.78 Å². The number of fused-ring (bicyclic) bond motifs is 1.